The van der Waals surface area contributed by atoms with Crippen molar-refractivity contribution in [2.45, 2.75) is 26.2 Å². The average Bonchev–Trinajstić information content (AvgIpc) is 2.63. The van der Waals surface area contributed by atoms with Crippen molar-refractivity contribution >= 4 is 0 Å². The fraction of sp³-hybridized carbons (Fsp3) is 1.00. The molecule has 3 heteroatoms. The van der Waals surface area contributed by atoms with Crippen LogP contribution in [0.2, 0.25) is 0 Å². The molecule has 0 bridgehead atoms. The van der Waals surface area contributed by atoms with Crippen molar-refractivity contribution in [1.29, 1.82) is 0 Å². The maximum atomic E-state index is 9.21. The highest BCUT2D eigenvalue weighted by Crippen LogP contribution is 2.31. The lowest BCUT2D eigenvalue weighted by atomic mass is 9.88. The molecule has 3 nitrogen and oxygen atoms in total. The zero-order valence-corrected chi connectivity index (χ0v) is 9.67. The minimum atomic E-state index is 0.368. The van der Waals surface area contributed by atoms with Crippen LogP contribution in [-0.4, -0.2) is 38.0 Å². The summed E-state index contributed by atoms with van der Waals surface area (Å²) in [4.78, 5) is 0. The molecular formula is C12H23NO2. The van der Waals surface area contributed by atoms with Gasteiger partial charge >= 0.3 is 0 Å². The van der Waals surface area contributed by atoms with Crippen molar-refractivity contribution in [3.63, 3.8) is 0 Å². The molecule has 1 saturated carbocycles. The predicted octanol–water partition coefficient (Wildman–Crippen LogP) is 1.02. The molecule has 1 aliphatic heterocycles. The number of aliphatic hydroxyl groups is 1. The smallest absolute Gasteiger partial charge is 0.0554 e. The first-order valence-corrected chi connectivity index (χ1v) is 6.13. The standard InChI is InChI=1S/C12H23NO2/c1-12(8-15-9-12)7-13-5-10-3-2-4-11(10)6-14/h10-11,13-14H,2-9H2,1H3. The summed E-state index contributed by atoms with van der Waals surface area (Å²) in [5.74, 6) is 1.24. The second kappa shape index (κ2) is 4.81. The SMILES string of the molecule is CC1(CNCC2CCCC2CO)COC1. The molecule has 2 N–H and O–H groups in total. The summed E-state index contributed by atoms with van der Waals surface area (Å²) in [5.41, 5.74) is 0.368. The van der Waals surface area contributed by atoms with Gasteiger partial charge in [-0.15, -0.1) is 0 Å². The third-order valence-corrected chi connectivity index (χ3v) is 3.91. The van der Waals surface area contributed by atoms with E-state index in [9.17, 15) is 5.11 Å². The van der Waals surface area contributed by atoms with Gasteiger partial charge in [-0.1, -0.05) is 13.3 Å². The largest absolute Gasteiger partial charge is 0.396 e. The lowest BCUT2D eigenvalue weighted by Crippen LogP contribution is -2.48. The molecule has 0 spiro atoms. The maximum absolute atomic E-state index is 9.21. The summed E-state index contributed by atoms with van der Waals surface area (Å²) in [6, 6.07) is 0. The number of hydrogen-bond donors (Lipinski definition) is 2. The Hall–Kier alpha value is -0.120. The highest BCUT2D eigenvalue weighted by Gasteiger charge is 2.33. The number of nitrogens with one attached hydrogen (secondary N) is 1. The van der Waals surface area contributed by atoms with Gasteiger partial charge in [0.25, 0.3) is 0 Å². The molecule has 15 heavy (non-hydrogen) atoms. The van der Waals surface area contributed by atoms with Gasteiger partial charge in [0, 0.05) is 18.6 Å². The first-order valence-electron chi connectivity index (χ1n) is 6.13. The van der Waals surface area contributed by atoms with E-state index in [2.05, 4.69) is 12.2 Å². The summed E-state index contributed by atoms with van der Waals surface area (Å²) < 4.78 is 5.22. The van der Waals surface area contributed by atoms with Gasteiger partial charge in [-0.25, -0.2) is 0 Å². The summed E-state index contributed by atoms with van der Waals surface area (Å²) in [7, 11) is 0. The highest BCUT2D eigenvalue weighted by molar-refractivity contribution is 4.85. The summed E-state index contributed by atoms with van der Waals surface area (Å²) in [5, 5.41) is 12.7. The third-order valence-electron chi connectivity index (χ3n) is 3.91. The Morgan fingerprint density at radius 1 is 1.33 bits per heavy atom. The minimum absolute atomic E-state index is 0.368. The Morgan fingerprint density at radius 3 is 2.67 bits per heavy atom. The lowest BCUT2D eigenvalue weighted by molar-refractivity contribution is -0.0993. The monoisotopic (exact) mass is 213 g/mol. The minimum Gasteiger partial charge on any atom is -0.396 e. The van der Waals surface area contributed by atoms with E-state index in [-0.39, 0.29) is 0 Å². The van der Waals surface area contributed by atoms with Crippen molar-refractivity contribution in [1.82, 2.24) is 5.32 Å². The number of hydrogen-bond acceptors (Lipinski definition) is 3. The van der Waals surface area contributed by atoms with Crippen LogP contribution < -0.4 is 5.32 Å². The maximum Gasteiger partial charge on any atom is 0.0554 e. The molecule has 0 aromatic heterocycles. The summed E-state index contributed by atoms with van der Waals surface area (Å²) in [6.07, 6.45) is 3.78. The van der Waals surface area contributed by atoms with Crippen molar-refractivity contribution < 1.29 is 9.84 Å². The van der Waals surface area contributed by atoms with Crippen LogP contribution in [-0.2, 0) is 4.74 Å². The Morgan fingerprint density at radius 2 is 2.07 bits per heavy atom. The lowest BCUT2D eigenvalue weighted by Gasteiger charge is -2.38. The first-order chi connectivity index (χ1) is 7.23. The summed E-state index contributed by atoms with van der Waals surface area (Å²) in [6.45, 7) is 6.55. The molecule has 2 unspecified atom stereocenters. The van der Waals surface area contributed by atoms with E-state index in [1.807, 2.05) is 0 Å². The van der Waals surface area contributed by atoms with Gasteiger partial charge in [0.15, 0.2) is 0 Å². The molecule has 2 rings (SSSR count). The van der Waals surface area contributed by atoms with E-state index in [1.165, 1.54) is 19.3 Å². The van der Waals surface area contributed by atoms with Gasteiger partial charge in [0.1, 0.15) is 0 Å². The van der Waals surface area contributed by atoms with E-state index >= 15 is 0 Å². The van der Waals surface area contributed by atoms with Gasteiger partial charge in [0.05, 0.1) is 13.2 Å². The first kappa shape index (κ1) is 11.4. The Labute approximate surface area is 92.2 Å². The summed E-state index contributed by atoms with van der Waals surface area (Å²) >= 11 is 0. The molecule has 1 aliphatic carbocycles. The normalized spacial score (nSPS) is 34.0. The van der Waals surface area contributed by atoms with Gasteiger partial charge < -0.3 is 15.2 Å². The number of aliphatic hydroxyl groups excluding tert-OH is 1. The van der Waals surface area contributed by atoms with E-state index in [4.69, 9.17) is 4.74 Å². The molecule has 1 saturated heterocycles. The van der Waals surface area contributed by atoms with E-state index in [0.717, 1.165) is 26.3 Å². The van der Waals surface area contributed by atoms with Crippen LogP contribution in [0.25, 0.3) is 0 Å². The molecule has 0 radical (unpaired) electrons. The second-order valence-electron chi connectivity index (χ2n) is 5.57. The fourth-order valence-electron chi connectivity index (χ4n) is 2.73. The van der Waals surface area contributed by atoms with Crippen LogP contribution in [0.4, 0.5) is 0 Å². The van der Waals surface area contributed by atoms with Crippen LogP contribution in [0.3, 0.4) is 0 Å². The molecule has 0 aromatic rings. The van der Waals surface area contributed by atoms with Crippen LogP contribution in [0.5, 0.6) is 0 Å². The molecule has 2 aliphatic rings. The number of ether oxygens (including phenoxy) is 1. The van der Waals surface area contributed by atoms with Gasteiger partial charge in [-0.05, 0) is 31.2 Å². The van der Waals surface area contributed by atoms with Crippen LogP contribution in [0, 0.1) is 17.3 Å². The Bertz CT molecular complexity index is 204. The molecule has 1 heterocycles. The molecular weight excluding hydrogens is 190 g/mol. The molecule has 0 aromatic carbocycles. The zero-order valence-electron chi connectivity index (χ0n) is 9.67. The molecule has 2 fully saturated rings. The molecule has 2 atom stereocenters. The van der Waals surface area contributed by atoms with Crippen LogP contribution in [0.1, 0.15) is 26.2 Å². The fourth-order valence-corrected chi connectivity index (χ4v) is 2.73. The van der Waals surface area contributed by atoms with Crippen LogP contribution in [0.15, 0.2) is 0 Å². The van der Waals surface area contributed by atoms with Gasteiger partial charge in [-0.3, -0.25) is 0 Å². The van der Waals surface area contributed by atoms with E-state index in [1.54, 1.807) is 0 Å². The Kier molecular flexibility index (Phi) is 3.65. The topological polar surface area (TPSA) is 41.5 Å². The highest BCUT2D eigenvalue weighted by atomic mass is 16.5. The van der Waals surface area contributed by atoms with E-state index < -0.39 is 0 Å². The number of rotatable bonds is 5. The Balaban J connectivity index is 1.64. The molecule has 88 valence electrons. The van der Waals surface area contributed by atoms with Crippen LogP contribution >= 0.6 is 0 Å². The van der Waals surface area contributed by atoms with Gasteiger partial charge in [0.2, 0.25) is 0 Å². The average molecular weight is 213 g/mol. The van der Waals surface area contributed by atoms with Crippen molar-refractivity contribution in [2.75, 3.05) is 32.9 Å². The third kappa shape index (κ3) is 2.71. The second-order valence-corrected chi connectivity index (χ2v) is 5.57. The van der Waals surface area contributed by atoms with Crippen molar-refractivity contribution in [2.24, 2.45) is 17.3 Å². The quantitative estimate of drug-likeness (QED) is 0.716. The van der Waals surface area contributed by atoms with Crippen molar-refractivity contribution in [3.05, 3.63) is 0 Å². The van der Waals surface area contributed by atoms with Gasteiger partial charge in [-0.2, -0.15) is 0 Å². The molecule has 0 amide bonds. The van der Waals surface area contributed by atoms with Crippen molar-refractivity contribution in [3.8, 4) is 0 Å². The zero-order chi connectivity index (χ0) is 10.7. The predicted molar refractivity (Wildman–Crippen MR) is 59.7 cm³/mol. The van der Waals surface area contributed by atoms with E-state index in [0.29, 0.717) is 23.9 Å².